The third-order valence-electron chi connectivity index (χ3n) is 4.63. The van der Waals surface area contributed by atoms with E-state index in [-0.39, 0.29) is 16.6 Å². The number of carbonyl (C=O) groups excluding carboxylic acids is 1. The van der Waals surface area contributed by atoms with Crippen LogP contribution in [-0.4, -0.2) is 29.3 Å². The van der Waals surface area contributed by atoms with Gasteiger partial charge in [0.05, 0.1) is 24.1 Å². The van der Waals surface area contributed by atoms with Crippen LogP contribution in [0.15, 0.2) is 67.0 Å². The second-order valence-electron chi connectivity index (χ2n) is 6.96. The Kier molecular flexibility index (Phi) is 8.19. The molecule has 2 atom stereocenters. The molecule has 6 nitrogen and oxygen atoms in total. The Morgan fingerprint density at radius 1 is 1.09 bits per heavy atom. The number of hydrogen-bond donors (Lipinski definition) is 2. The van der Waals surface area contributed by atoms with Gasteiger partial charge in [0.1, 0.15) is 11.2 Å². The van der Waals surface area contributed by atoms with E-state index in [9.17, 15) is 22.4 Å². The van der Waals surface area contributed by atoms with Crippen molar-refractivity contribution in [3.8, 4) is 5.75 Å². The van der Waals surface area contributed by atoms with E-state index in [4.69, 9.17) is 11.6 Å². The summed E-state index contributed by atoms with van der Waals surface area (Å²) in [6.45, 7) is 0. The third kappa shape index (κ3) is 7.00. The van der Waals surface area contributed by atoms with Crippen LogP contribution in [-0.2, 0) is 4.79 Å². The van der Waals surface area contributed by atoms with Crippen molar-refractivity contribution in [1.29, 1.82) is 0 Å². The minimum atomic E-state index is -5.08. The first-order valence-corrected chi connectivity index (χ1v) is 10.3. The van der Waals surface area contributed by atoms with Crippen LogP contribution < -0.4 is 15.4 Å². The average Bonchev–Trinajstić information content (AvgIpc) is 2.81. The fourth-order valence-electron chi connectivity index (χ4n) is 3.08. The molecule has 1 amide bonds. The highest BCUT2D eigenvalue weighted by Gasteiger charge is 2.33. The molecule has 0 saturated heterocycles. The van der Waals surface area contributed by atoms with Crippen molar-refractivity contribution in [2.45, 2.75) is 18.4 Å². The topological polar surface area (TPSA) is 76.1 Å². The zero-order valence-electron chi connectivity index (χ0n) is 17.7. The molecule has 0 spiro atoms. The number of alkyl halides is 3. The van der Waals surface area contributed by atoms with Crippen LogP contribution in [0.2, 0.25) is 5.15 Å². The smallest absolute Gasteiger partial charge is 0.403 e. The average molecular weight is 495 g/mol. The van der Waals surface area contributed by atoms with E-state index >= 15 is 0 Å². The van der Waals surface area contributed by atoms with Gasteiger partial charge in [-0.3, -0.25) is 15.1 Å². The van der Waals surface area contributed by atoms with Gasteiger partial charge in [-0.1, -0.05) is 54.1 Å². The maximum Gasteiger partial charge on any atom is 0.573 e. The molecule has 3 aromatic rings. The zero-order valence-corrected chi connectivity index (χ0v) is 18.4. The highest BCUT2D eigenvalue weighted by Crippen LogP contribution is 2.30. The number of carbonyl (C=O) groups is 1. The van der Waals surface area contributed by atoms with Crippen molar-refractivity contribution in [3.05, 3.63) is 94.8 Å². The molecule has 0 aliphatic rings. The van der Waals surface area contributed by atoms with Gasteiger partial charge in [0.2, 0.25) is 5.91 Å². The first kappa shape index (κ1) is 25.1. The maximum atomic E-state index is 14.0. The first-order valence-electron chi connectivity index (χ1n) is 9.90. The molecule has 34 heavy (non-hydrogen) atoms. The van der Waals surface area contributed by atoms with E-state index in [2.05, 4.69) is 25.3 Å². The first-order chi connectivity index (χ1) is 16.2. The predicted octanol–water partition coefficient (Wildman–Crippen LogP) is 5.00. The van der Waals surface area contributed by atoms with Gasteiger partial charge in [0, 0.05) is 7.05 Å². The summed E-state index contributed by atoms with van der Waals surface area (Å²) in [5.74, 6) is -2.56. The van der Waals surface area contributed by atoms with Crippen molar-refractivity contribution in [2.75, 3.05) is 7.05 Å². The summed E-state index contributed by atoms with van der Waals surface area (Å²) in [5.41, 5.74) is 1.23. The number of hydrogen-bond acceptors (Lipinski definition) is 5. The Morgan fingerprint density at radius 3 is 2.44 bits per heavy atom. The summed E-state index contributed by atoms with van der Waals surface area (Å²) < 4.78 is 56.0. The summed E-state index contributed by atoms with van der Waals surface area (Å²) in [6.07, 6.45) is 0.744. The number of aromatic nitrogens is 2. The van der Waals surface area contributed by atoms with Crippen molar-refractivity contribution >= 4 is 23.6 Å². The molecular weight excluding hydrogens is 476 g/mol. The van der Waals surface area contributed by atoms with Crippen LogP contribution >= 0.6 is 11.6 Å². The fraction of sp³-hybridized carbons (Fsp3) is 0.174. The summed E-state index contributed by atoms with van der Waals surface area (Å²) in [5, 5.41) is 5.84. The molecule has 0 aliphatic carbocycles. The van der Waals surface area contributed by atoms with Gasteiger partial charge < -0.3 is 10.1 Å². The van der Waals surface area contributed by atoms with E-state index < -0.39 is 30.0 Å². The molecule has 1 heterocycles. The van der Waals surface area contributed by atoms with Gasteiger partial charge in [0.15, 0.2) is 11.6 Å². The highest BCUT2D eigenvalue weighted by molar-refractivity contribution is 6.29. The second-order valence-corrected chi connectivity index (χ2v) is 7.35. The molecule has 0 unspecified atom stereocenters. The quantitative estimate of drug-likeness (QED) is 0.431. The Bertz CT molecular complexity index is 1140. The van der Waals surface area contributed by atoms with Gasteiger partial charge in [-0.15, -0.1) is 13.2 Å². The number of benzene rings is 2. The second kappa shape index (κ2) is 11.1. The van der Waals surface area contributed by atoms with Crippen molar-refractivity contribution in [1.82, 2.24) is 20.6 Å². The Labute approximate surface area is 197 Å². The van der Waals surface area contributed by atoms with Crippen LogP contribution in [0.4, 0.5) is 17.6 Å². The van der Waals surface area contributed by atoms with Gasteiger partial charge in [-0.05, 0) is 29.3 Å². The van der Waals surface area contributed by atoms with Crippen molar-refractivity contribution < 1.29 is 27.1 Å². The molecule has 2 N–H and O–H groups in total. The molecule has 3 rings (SSSR count). The van der Waals surface area contributed by atoms with Crippen LogP contribution in [0.25, 0.3) is 6.08 Å². The van der Waals surface area contributed by atoms with E-state index in [1.165, 1.54) is 25.5 Å². The summed E-state index contributed by atoms with van der Waals surface area (Å²) in [4.78, 5) is 20.6. The van der Waals surface area contributed by atoms with Gasteiger partial charge in [0.25, 0.3) is 0 Å². The Balaban J connectivity index is 2.02. The lowest BCUT2D eigenvalue weighted by molar-refractivity contribution is -0.275. The monoisotopic (exact) mass is 494 g/mol. The SMILES string of the molecule is CNC(=O)[C@H](N[C@@H](/C=C/c1cnc(Cl)cn1)c1ccc(F)c(OC(F)(F)F)c1)c1ccccc1. The molecular formula is C23H19ClF4N4O2. The van der Waals surface area contributed by atoms with E-state index in [0.29, 0.717) is 11.3 Å². The summed E-state index contributed by atoms with van der Waals surface area (Å²) in [6, 6.07) is 10.1. The fourth-order valence-corrected chi connectivity index (χ4v) is 3.17. The summed E-state index contributed by atoms with van der Waals surface area (Å²) in [7, 11) is 1.46. The molecule has 0 aliphatic heterocycles. The number of ether oxygens (including phenoxy) is 1. The lowest BCUT2D eigenvalue weighted by atomic mass is 10.0. The minimum Gasteiger partial charge on any atom is -0.403 e. The van der Waals surface area contributed by atoms with E-state index in [0.717, 1.165) is 12.1 Å². The lowest BCUT2D eigenvalue weighted by Gasteiger charge is -2.24. The molecule has 1 aromatic heterocycles. The van der Waals surface area contributed by atoms with Gasteiger partial charge >= 0.3 is 6.36 Å². The Hall–Kier alpha value is -3.50. The molecule has 178 valence electrons. The molecule has 2 aromatic carbocycles. The minimum absolute atomic E-state index is 0.183. The molecule has 0 radical (unpaired) electrons. The van der Waals surface area contributed by atoms with E-state index in [1.54, 1.807) is 42.5 Å². The maximum absolute atomic E-state index is 14.0. The number of amides is 1. The number of nitrogens with one attached hydrogen (secondary N) is 2. The van der Waals surface area contributed by atoms with Crippen LogP contribution in [0.1, 0.15) is 28.9 Å². The van der Waals surface area contributed by atoms with Crippen LogP contribution in [0.3, 0.4) is 0 Å². The standard InChI is InChI=1S/C23H19ClF4N4O2/c1-29-22(33)21(14-5-3-2-4-6-14)32-18(10-8-16-12-31-20(24)13-30-16)15-7-9-17(25)19(11-15)34-23(26,27)28/h2-13,18,21,32H,1H3,(H,29,33)/b10-8+/t18-,21+/m0/s1. The highest BCUT2D eigenvalue weighted by atomic mass is 35.5. The van der Waals surface area contributed by atoms with Crippen LogP contribution in [0.5, 0.6) is 5.75 Å². The Morgan fingerprint density at radius 2 is 1.82 bits per heavy atom. The number of halogens is 5. The van der Waals surface area contributed by atoms with Crippen LogP contribution in [0, 0.1) is 5.82 Å². The van der Waals surface area contributed by atoms with Crippen molar-refractivity contribution in [3.63, 3.8) is 0 Å². The summed E-state index contributed by atoms with van der Waals surface area (Å²) >= 11 is 5.75. The van der Waals surface area contributed by atoms with E-state index in [1.807, 2.05) is 0 Å². The number of likely N-dealkylation sites (N-methyl/N-ethyl adjacent to an activating group) is 1. The van der Waals surface area contributed by atoms with Gasteiger partial charge in [-0.2, -0.15) is 0 Å². The third-order valence-corrected chi connectivity index (χ3v) is 4.82. The normalized spacial score (nSPS) is 13.5. The van der Waals surface area contributed by atoms with Gasteiger partial charge in [-0.25, -0.2) is 9.37 Å². The molecule has 0 bridgehead atoms. The molecule has 0 fully saturated rings. The zero-order chi connectivity index (χ0) is 24.7. The van der Waals surface area contributed by atoms with Crippen molar-refractivity contribution in [2.24, 2.45) is 0 Å². The molecule has 0 saturated carbocycles. The number of nitrogens with zero attached hydrogens (tertiary/aromatic N) is 2. The lowest BCUT2D eigenvalue weighted by Crippen LogP contribution is -2.37. The predicted molar refractivity (Wildman–Crippen MR) is 118 cm³/mol. The largest absolute Gasteiger partial charge is 0.573 e. The number of rotatable bonds is 8. The molecule has 11 heteroatoms.